The first kappa shape index (κ1) is 16.4. The zero-order chi connectivity index (χ0) is 16.9. The van der Waals surface area contributed by atoms with Gasteiger partial charge in [-0.25, -0.2) is 9.67 Å². The van der Waals surface area contributed by atoms with Crippen molar-refractivity contribution in [1.82, 2.24) is 20.1 Å². The highest BCUT2D eigenvalue weighted by Crippen LogP contribution is 2.19. The lowest BCUT2D eigenvalue weighted by Gasteiger charge is -2.17. The molecule has 0 fully saturated rings. The van der Waals surface area contributed by atoms with Crippen LogP contribution in [-0.4, -0.2) is 27.2 Å². The fraction of sp³-hybridized carbons (Fsp3) is 0.421. The molecule has 0 saturated heterocycles. The van der Waals surface area contributed by atoms with E-state index in [4.69, 9.17) is 0 Å². The first-order chi connectivity index (χ1) is 11.7. The van der Waals surface area contributed by atoms with Gasteiger partial charge < -0.3 is 5.32 Å². The largest absolute Gasteiger partial charge is 0.356 e. The van der Waals surface area contributed by atoms with Gasteiger partial charge in [-0.2, -0.15) is 5.10 Å². The van der Waals surface area contributed by atoms with E-state index in [9.17, 15) is 4.79 Å². The number of carbonyl (C=O) groups excluding carboxylic acids is 1. The van der Waals surface area contributed by atoms with Crippen molar-refractivity contribution in [2.45, 2.75) is 39.5 Å². The second-order valence-corrected chi connectivity index (χ2v) is 6.27. The van der Waals surface area contributed by atoms with Crippen LogP contribution in [0.5, 0.6) is 0 Å². The molecule has 1 amide bonds. The van der Waals surface area contributed by atoms with Crippen LogP contribution in [0.15, 0.2) is 36.5 Å². The van der Waals surface area contributed by atoms with Crippen molar-refractivity contribution in [2.75, 3.05) is 6.54 Å². The van der Waals surface area contributed by atoms with Crippen molar-refractivity contribution < 1.29 is 4.79 Å². The summed E-state index contributed by atoms with van der Waals surface area (Å²) in [7, 11) is 0. The summed E-state index contributed by atoms with van der Waals surface area (Å²) >= 11 is 0. The molecule has 1 atom stereocenters. The van der Waals surface area contributed by atoms with Crippen LogP contribution >= 0.6 is 0 Å². The molecule has 2 aromatic heterocycles. The van der Waals surface area contributed by atoms with Gasteiger partial charge in [0.2, 0.25) is 5.91 Å². The first-order valence-corrected chi connectivity index (χ1v) is 8.56. The van der Waals surface area contributed by atoms with Gasteiger partial charge in [0.25, 0.3) is 0 Å². The molecule has 0 bridgehead atoms. The summed E-state index contributed by atoms with van der Waals surface area (Å²) in [6.45, 7) is 4.71. The molecule has 3 rings (SSSR count). The van der Waals surface area contributed by atoms with Crippen LogP contribution in [0.25, 0.3) is 5.82 Å². The number of hydrogen-bond donors (Lipinski definition) is 1. The SMILES string of the molecule is Cc1nn(-c2ccccn2)c(C)c1CCNC(=O)C1CC=CCC1. The molecule has 0 aromatic carbocycles. The average molecular weight is 324 g/mol. The minimum Gasteiger partial charge on any atom is -0.356 e. The third-order valence-electron chi connectivity index (χ3n) is 4.62. The summed E-state index contributed by atoms with van der Waals surface area (Å²) in [5, 5.41) is 7.68. The summed E-state index contributed by atoms with van der Waals surface area (Å²) in [4.78, 5) is 16.6. The second kappa shape index (κ2) is 7.43. The molecule has 5 heteroatoms. The Kier molecular flexibility index (Phi) is 5.08. The van der Waals surface area contributed by atoms with Crippen LogP contribution in [0.4, 0.5) is 0 Å². The van der Waals surface area contributed by atoms with Crippen molar-refractivity contribution in [1.29, 1.82) is 0 Å². The molecule has 2 aromatic rings. The maximum absolute atomic E-state index is 12.2. The molecule has 1 N–H and O–H groups in total. The van der Waals surface area contributed by atoms with Gasteiger partial charge in [0, 0.05) is 24.4 Å². The van der Waals surface area contributed by atoms with Crippen molar-refractivity contribution in [3.8, 4) is 5.82 Å². The predicted octanol–water partition coefficient (Wildman–Crippen LogP) is 2.90. The number of carbonyl (C=O) groups is 1. The smallest absolute Gasteiger partial charge is 0.223 e. The average Bonchev–Trinajstić information content (AvgIpc) is 2.91. The molecular weight excluding hydrogens is 300 g/mol. The maximum Gasteiger partial charge on any atom is 0.223 e. The Morgan fingerprint density at radius 1 is 1.33 bits per heavy atom. The summed E-state index contributed by atoms with van der Waals surface area (Å²) in [5.41, 5.74) is 3.26. The third kappa shape index (κ3) is 3.55. The van der Waals surface area contributed by atoms with E-state index in [0.29, 0.717) is 6.54 Å². The minimum absolute atomic E-state index is 0.133. The molecular formula is C19H24N4O. The number of amides is 1. The number of aromatic nitrogens is 3. The van der Waals surface area contributed by atoms with Crippen molar-refractivity contribution in [2.24, 2.45) is 5.92 Å². The molecule has 0 aliphatic heterocycles. The topological polar surface area (TPSA) is 59.8 Å². The molecule has 1 aliphatic rings. The highest BCUT2D eigenvalue weighted by Gasteiger charge is 2.19. The lowest BCUT2D eigenvalue weighted by atomic mass is 9.93. The number of rotatable bonds is 5. The minimum atomic E-state index is 0.133. The number of nitrogens with zero attached hydrogens (tertiary/aromatic N) is 3. The highest BCUT2D eigenvalue weighted by atomic mass is 16.1. The van der Waals surface area contributed by atoms with Crippen molar-refractivity contribution in [3.05, 3.63) is 53.5 Å². The number of pyridine rings is 1. The summed E-state index contributed by atoms with van der Waals surface area (Å²) in [6.07, 6.45) is 9.65. The van der Waals surface area contributed by atoms with E-state index in [1.807, 2.05) is 29.8 Å². The van der Waals surface area contributed by atoms with Crippen LogP contribution in [0.3, 0.4) is 0 Å². The van der Waals surface area contributed by atoms with Gasteiger partial charge in [0.15, 0.2) is 5.82 Å². The first-order valence-electron chi connectivity index (χ1n) is 8.56. The summed E-state index contributed by atoms with van der Waals surface area (Å²) < 4.78 is 1.87. The van der Waals surface area contributed by atoms with Crippen LogP contribution < -0.4 is 5.32 Å². The van der Waals surface area contributed by atoms with Crippen molar-refractivity contribution in [3.63, 3.8) is 0 Å². The predicted molar refractivity (Wildman–Crippen MR) is 94.0 cm³/mol. The molecule has 1 unspecified atom stereocenters. The van der Waals surface area contributed by atoms with Crippen LogP contribution in [-0.2, 0) is 11.2 Å². The fourth-order valence-corrected chi connectivity index (χ4v) is 3.23. The zero-order valence-corrected chi connectivity index (χ0v) is 14.3. The summed E-state index contributed by atoms with van der Waals surface area (Å²) in [5.74, 6) is 1.13. The van der Waals surface area contributed by atoms with Crippen LogP contribution in [0.2, 0.25) is 0 Å². The van der Waals surface area contributed by atoms with E-state index in [2.05, 4.69) is 34.5 Å². The molecule has 1 aliphatic carbocycles. The number of allylic oxidation sites excluding steroid dienone is 2. The van der Waals surface area contributed by atoms with Gasteiger partial charge in [0.05, 0.1) is 5.69 Å². The van der Waals surface area contributed by atoms with E-state index in [1.165, 1.54) is 5.56 Å². The Balaban J connectivity index is 1.62. The van der Waals surface area contributed by atoms with E-state index < -0.39 is 0 Å². The van der Waals surface area contributed by atoms with Gasteiger partial charge in [-0.1, -0.05) is 18.2 Å². The highest BCUT2D eigenvalue weighted by molar-refractivity contribution is 5.78. The van der Waals surface area contributed by atoms with Gasteiger partial charge >= 0.3 is 0 Å². The lowest BCUT2D eigenvalue weighted by Crippen LogP contribution is -2.32. The lowest BCUT2D eigenvalue weighted by molar-refractivity contribution is -0.125. The van der Waals surface area contributed by atoms with E-state index in [0.717, 1.165) is 42.9 Å². The van der Waals surface area contributed by atoms with Crippen LogP contribution in [0, 0.1) is 19.8 Å². The quantitative estimate of drug-likeness (QED) is 0.860. The molecule has 0 saturated carbocycles. The standard InChI is InChI=1S/C19H24N4O/c1-14-17(11-13-21-19(24)16-8-4-3-5-9-16)15(2)23(22-14)18-10-6-7-12-20-18/h3-4,6-7,10,12,16H,5,8-9,11,13H2,1-2H3,(H,21,24). The zero-order valence-electron chi connectivity index (χ0n) is 14.3. The van der Waals surface area contributed by atoms with E-state index >= 15 is 0 Å². The van der Waals surface area contributed by atoms with Crippen molar-refractivity contribution >= 4 is 5.91 Å². The Labute approximate surface area is 142 Å². The van der Waals surface area contributed by atoms with E-state index in [-0.39, 0.29) is 11.8 Å². The molecule has 5 nitrogen and oxygen atoms in total. The maximum atomic E-state index is 12.2. The Bertz CT molecular complexity index is 733. The Hall–Kier alpha value is -2.43. The Morgan fingerprint density at radius 3 is 2.92 bits per heavy atom. The fourth-order valence-electron chi connectivity index (χ4n) is 3.23. The van der Waals surface area contributed by atoms with Crippen LogP contribution in [0.1, 0.15) is 36.2 Å². The summed E-state index contributed by atoms with van der Waals surface area (Å²) in [6, 6.07) is 5.80. The van der Waals surface area contributed by atoms with Gasteiger partial charge in [-0.05, 0) is 57.2 Å². The molecule has 24 heavy (non-hydrogen) atoms. The monoisotopic (exact) mass is 324 g/mol. The van der Waals surface area contributed by atoms with E-state index in [1.54, 1.807) is 6.20 Å². The molecule has 126 valence electrons. The molecule has 0 radical (unpaired) electrons. The van der Waals surface area contributed by atoms with Gasteiger partial charge in [-0.15, -0.1) is 0 Å². The molecule has 2 heterocycles. The number of nitrogens with one attached hydrogen (secondary N) is 1. The number of aryl methyl sites for hydroxylation is 1. The normalized spacial score (nSPS) is 17.0. The molecule has 0 spiro atoms. The Morgan fingerprint density at radius 2 is 2.21 bits per heavy atom. The van der Waals surface area contributed by atoms with Gasteiger partial charge in [0.1, 0.15) is 0 Å². The third-order valence-corrected chi connectivity index (χ3v) is 4.62. The second-order valence-electron chi connectivity index (χ2n) is 6.27. The number of hydrogen-bond acceptors (Lipinski definition) is 3. The van der Waals surface area contributed by atoms with Gasteiger partial charge in [-0.3, -0.25) is 4.79 Å².